The van der Waals surface area contributed by atoms with Crippen LogP contribution in [0, 0.1) is 6.92 Å². The summed E-state index contributed by atoms with van der Waals surface area (Å²) in [5, 5.41) is 2.64. The second-order valence-electron chi connectivity index (χ2n) is 5.29. The van der Waals surface area contributed by atoms with Crippen LogP contribution in [0.15, 0.2) is 30.6 Å². The molecule has 3 rings (SSSR count). The maximum atomic E-state index is 12.1. The Labute approximate surface area is 134 Å². The van der Waals surface area contributed by atoms with Gasteiger partial charge in [0.05, 0.1) is 18.8 Å². The first-order valence-electron chi connectivity index (χ1n) is 7.52. The Morgan fingerprint density at radius 2 is 2.09 bits per heavy atom. The molecule has 0 unspecified atom stereocenters. The highest BCUT2D eigenvalue weighted by Gasteiger charge is 2.16. The Morgan fingerprint density at radius 1 is 1.26 bits per heavy atom. The minimum Gasteiger partial charge on any atom is -0.474 e. The molecule has 0 radical (unpaired) electrons. The van der Waals surface area contributed by atoms with Crippen molar-refractivity contribution in [2.45, 2.75) is 25.9 Å². The zero-order valence-electron chi connectivity index (χ0n) is 12.9. The van der Waals surface area contributed by atoms with E-state index >= 15 is 0 Å². The van der Waals surface area contributed by atoms with Gasteiger partial charge in [-0.3, -0.25) is 10.1 Å². The molecule has 1 fully saturated rings. The number of hydrogen-bond donors (Lipinski definition) is 1. The monoisotopic (exact) mass is 314 g/mol. The number of aromatic nitrogens is 3. The predicted octanol–water partition coefficient (Wildman–Crippen LogP) is 1.99. The van der Waals surface area contributed by atoms with Gasteiger partial charge < -0.3 is 9.47 Å². The van der Waals surface area contributed by atoms with Gasteiger partial charge in [0, 0.05) is 37.0 Å². The Morgan fingerprint density at radius 3 is 2.78 bits per heavy atom. The minimum absolute atomic E-state index is 0.122. The molecule has 0 bridgehead atoms. The number of carbonyl (C=O) groups excluding carboxylic acids is 1. The number of ether oxygens (including phenoxy) is 2. The number of nitrogens with one attached hydrogen (secondary N) is 1. The average Bonchev–Trinajstić information content (AvgIpc) is 2.56. The Hall–Kier alpha value is -2.54. The van der Waals surface area contributed by atoms with Crippen LogP contribution in [0.3, 0.4) is 0 Å². The number of anilines is 1. The van der Waals surface area contributed by atoms with Crippen molar-refractivity contribution in [2.24, 2.45) is 0 Å². The third kappa shape index (κ3) is 4.23. The Balaban J connectivity index is 1.60. The molecule has 0 aromatic carbocycles. The van der Waals surface area contributed by atoms with Gasteiger partial charge in [0.15, 0.2) is 0 Å². The molecule has 2 aromatic heterocycles. The van der Waals surface area contributed by atoms with Crippen LogP contribution in [-0.2, 0) is 4.74 Å². The molecule has 23 heavy (non-hydrogen) atoms. The first kappa shape index (κ1) is 15.4. The molecule has 1 amide bonds. The molecule has 0 aliphatic carbocycles. The van der Waals surface area contributed by atoms with E-state index in [1.54, 1.807) is 24.4 Å². The highest BCUT2D eigenvalue weighted by Crippen LogP contribution is 2.16. The van der Waals surface area contributed by atoms with E-state index in [0.717, 1.165) is 18.5 Å². The minimum atomic E-state index is -0.305. The summed E-state index contributed by atoms with van der Waals surface area (Å²) in [6.45, 7) is 3.25. The number of aryl methyl sites for hydroxylation is 1. The van der Waals surface area contributed by atoms with Crippen molar-refractivity contribution < 1.29 is 14.3 Å². The lowest BCUT2D eigenvalue weighted by molar-refractivity contribution is 0.0237. The fraction of sp³-hybridized carbons (Fsp3) is 0.375. The maximum absolute atomic E-state index is 12.1. The molecule has 0 spiro atoms. The number of nitrogens with zero attached hydrogens (tertiary/aromatic N) is 3. The van der Waals surface area contributed by atoms with Gasteiger partial charge in [-0.1, -0.05) is 0 Å². The number of hydrogen-bond acceptors (Lipinski definition) is 6. The van der Waals surface area contributed by atoms with E-state index in [4.69, 9.17) is 9.47 Å². The first-order valence-corrected chi connectivity index (χ1v) is 7.52. The number of rotatable bonds is 4. The molecule has 0 atom stereocenters. The smallest absolute Gasteiger partial charge is 0.259 e. The summed E-state index contributed by atoms with van der Waals surface area (Å²) >= 11 is 0. The summed E-state index contributed by atoms with van der Waals surface area (Å²) in [7, 11) is 0. The molecule has 1 aliphatic rings. The van der Waals surface area contributed by atoms with Crippen LogP contribution >= 0.6 is 0 Å². The first-order chi connectivity index (χ1) is 11.2. The topological polar surface area (TPSA) is 86.2 Å². The van der Waals surface area contributed by atoms with E-state index in [1.807, 2.05) is 6.92 Å². The third-order valence-electron chi connectivity index (χ3n) is 3.47. The standard InChI is InChI=1S/C16H18N4O3/c1-11-4-7-17-16(19-11)20-15(21)12-2-3-14(18-10-12)23-13-5-8-22-9-6-13/h2-4,7,10,13H,5-6,8-9H2,1H3,(H,17,19,20,21). The normalized spacial score (nSPS) is 15.2. The molecule has 7 heteroatoms. The van der Waals surface area contributed by atoms with Gasteiger partial charge in [-0.2, -0.15) is 0 Å². The van der Waals surface area contributed by atoms with E-state index in [0.29, 0.717) is 24.7 Å². The van der Waals surface area contributed by atoms with E-state index in [-0.39, 0.29) is 18.0 Å². The summed E-state index contributed by atoms with van der Waals surface area (Å²) in [6, 6.07) is 5.13. The van der Waals surface area contributed by atoms with Crippen LogP contribution in [0.2, 0.25) is 0 Å². The van der Waals surface area contributed by atoms with Crippen molar-refractivity contribution in [3.63, 3.8) is 0 Å². The van der Waals surface area contributed by atoms with Crippen molar-refractivity contribution in [1.29, 1.82) is 0 Å². The highest BCUT2D eigenvalue weighted by atomic mass is 16.5. The molecule has 3 heterocycles. The van der Waals surface area contributed by atoms with E-state index < -0.39 is 0 Å². The largest absolute Gasteiger partial charge is 0.474 e. The number of pyridine rings is 1. The van der Waals surface area contributed by atoms with Crippen LogP contribution in [0.5, 0.6) is 5.88 Å². The van der Waals surface area contributed by atoms with Crippen LogP contribution < -0.4 is 10.1 Å². The zero-order chi connectivity index (χ0) is 16.1. The van der Waals surface area contributed by atoms with Crippen molar-refractivity contribution in [3.05, 3.63) is 41.9 Å². The average molecular weight is 314 g/mol. The second-order valence-corrected chi connectivity index (χ2v) is 5.29. The van der Waals surface area contributed by atoms with Gasteiger partial charge in [-0.15, -0.1) is 0 Å². The predicted molar refractivity (Wildman–Crippen MR) is 83.4 cm³/mol. The number of carbonyl (C=O) groups is 1. The molecule has 7 nitrogen and oxygen atoms in total. The summed E-state index contributed by atoms with van der Waals surface area (Å²) < 4.78 is 11.1. The van der Waals surface area contributed by atoms with Gasteiger partial charge >= 0.3 is 0 Å². The second kappa shape index (κ2) is 7.15. The lowest BCUT2D eigenvalue weighted by Crippen LogP contribution is -2.26. The summed E-state index contributed by atoms with van der Waals surface area (Å²) in [4.78, 5) is 24.5. The third-order valence-corrected chi connectivity index (χ3v) is 3.47. The quantitative estimate of drug-likeness (QED) is 0.929. The van der Waals surface area contributed by atoms with Crippen molar-refractivity contribution in [1.82, 2.24) is 15.0 Å². The van der Waals surface area contributed by atoms with Crippen LogP contribution in [-0.4, -0.2) is 40.2 Å². The SMILES string of the molecule is Cc1ccnc(NC(=O)c2ccc(OC3CCOCC3)nc2)n1. The van der Waals surface area contributed by atoms with Crippen molar-refractivity contribution >= 4 is 11.9 Å². The molecular formula is C16H18N4O3. The van der Waals surface area contributed by atoms with Crippen LogP contribution in [0.1, 0.15) is 28.9 Å². The lowest BCUT2D eigenvalue weighted by Gasteiger charge is -2.22. The fourth-order valence-electron chi connectivity index (χ4n) is 2.23. The number of amides is 1. The molecule has 1 aliphatic heterocycles. The van der Waals surface area contributed by atoms with E-state index in [9.17, 15) is 4.79 Å². The van der Waals surface area contributed by atoms with E-state index in [2.05, 4.69) is 20.3 Å². The summed E-state index contributed by atoms with van der Waals surface area (Å²) in [5.41, 5.74) is 1.21. The van der Waals surface area contributed by atoms with Gasteiger partial charge in [-0.25, -0.2) is 15.0 Å². The lowest BCUT2D eigenvalue weighted by atomic mass is 10.1. The molecule has 2 aromatic rings. The van der Waals surface area contributed by atoms with Crippen LogP contribution in [0.4, 0.5) is 5.95 Å². The van der Waals surface area contributed by atoms with Gasteiger partial charge in [0.25, 0.3) is 5.91 Å². The molecule has 120 valence electrons. The van der Waals surface area contributed by atoms with Gasteiger partial charge in [0.2, 0.25) is 11.8 Å². The molecular weight excluding hydrogens is 296 g/mol. The molecule has 1 saturated heterocycles. The molecule has 0 saturated carbocycles. The van der Waals surface area contributed by atoms with E-state index in [1.165, 1.54) is 6.20 Å². The zero-order valence-corrected chi connectivity index (χ0v) is 12.9. The highest BCUT2D eigenvalue weighted by molar-refractivity contribution is 6.03. The Bertz CT molecular complexity index is 669. The maximum Gasteiger partial charge on any atom is 0.259 e. The summed E-state index contributed by atoms with van der Waals surface area (Å²) in [5.74, 6) is 0.485. The molecule has 1 N–H and O–H groups in total. The van der Waals surface area contributed by atoms with Crippen LogP contribution in [0.25, 0.3) is 0 Å². The summed E-state index contributed by atoms with van der Waals surface area (Å²) in [6.07, 6.45) is 4.92. The van der Waals surface area contributed by atoms with Crippen molar-refractivity contribution in [2.75, 3.05) is 18.5 Å². The van der Waals surface area contributed by atoms with Gasteiger partial charge in [0.1, 0.15) is 6.10 Å². The Kier molecular flexibility index (Phi) is 4.77. The van der Waals surface area contributed by atoms with Gasteiger partial charge in [-0.05, 0) is 19.1 Å². The van der Waals surface area contributed by atoms with Crippen molar-refractivity contribution in [3.8, 4) is 5.88 Å². The fourth-order valence-corrected chi connectivity index (χ4v) is 2.23.